The van der Waals surface area contributed by atoms with Crippen LogP contribution in [-0.2, 0) is 0 Å². The van der Waals surface area contributed by atoms with E-state index in [1.165, 1.54) is 0 Å². The molecule has 0 spiro atoms. The number of halogens is 2. The number of anilines is 1. The van der Waals surface area contributed by atoms with Crippen LogP contribution in [0.15, 0.2) is 36.8 Å². The largest absolute Gasteiger partial charge is 0.351 e. The Labute approximate surface area is 165 Å². The number of alkyl halides is 2. The summed E-state index contributed by atoms with van der Waals surface area (Å²) in [7, 11) is 0. The normalized spacial score (nSPS) is 17.1. The first-order valence-electron chi connectivity index (χ1n) is 9.70. The fourth-order valence-electron chi connectivity index (χ4n) is 4.00. The molecule has 2 N–H and O–H groups in total. The van der Waals surface area contributed by atoms with Crippen molar-refractivity contribution < 1.29 is 8.78 Å². The summed E-state index contributed by atoms with van der Waals surface area (Å²) in [6, 6.07) is 5.92. The molecule has 0 unspecified atom stereocenters. The highest BCUT2D eigenvalue weighted by atomic mass is 19.3. The Morgan fingerprint density at radius 2 is 1.83 bits per heavy atom. The molecule has 0 saturated heterocycles. The van der Waals surface area contributed by atoms with Gasteiger partial charge in [0.25, 0.3) is 0 Å². The Morgan fingerprint density at radius 1 is 1.07 bits per heavy atom. The summed E-state index contributed by atoms with van der Waals surface area (Å²) < 4.78 is 26.8. The first-order valence-corrected chi connectivity index (χ1v) is 9.70. The summed E-state index contributed by atoms with van der Waals surface area (Å²) in [6.45, 7) is 1.93. The topological polar surface area (TPSA) is 79.4 Å². The number of H-pyrrole nitrogens is 1. The summed E-state index contributed by atoms with van der Waals surface area (Å²) in [5.74, 6) is -2.07. The van der Waals surface area contributed by atoms with E-state index in [4.69, 9.17) is 0 Å². The van der Waals surface area contributed by atoms with E-state index >= 15 is 0 Å². The second kappa shape index (κ2) is 6.72. The van der Waals surface area contributed by atoms with E-state index in [1.54, 1.807) is 12.4 Å². The lowest BCUT2D eigenvalue weighted by Crippen LogP contribution is -2.32. The number of rotatable bonds is 3. The molecule has 0 bridgehead atoms. The minimum absolute atomic E-state index is 0.0278. The number of hydrogen-bond acceptors (Lipinski definition) is 5. The van der Waals surface area contributed by atoms with Crippen LogP contribution >= 0.6 is 0 Å². The molecule has 1 fully saturated rings. The number of nitrogens with zero attached hydrogens (tertiary/aromatic N) is 4. The molecule has 148 valence electrons. The second-order valence-corrected chi connectivity index (χ2v) is 7.59. The van der Waals surface area contributed by atoms with Gasteiger partial charge in [0.05, 0.1) is 16.7 Å². The quantitative estimate of drug-likeness (QED) is 0.518. The van der Waals surface area contributed by atoms with Gasteiger partial charge in [-0.1, -0.05) is 6.07 Å². The van der Waals surface area contributed by atoms with E-state index in [2.05, 4.69) is 30.2 Å². The van der Waals surface area contributed by atoms with Crippen molar-refractivity contribution in [1.82, 2.24) is 24.9 Å². The van der Waals surface area contributed by atoms with E-state index in [1.807, 2.05) is 31.3 Å². The first-order chi connectivity index (χ1) is 14.0. The molecule has 8 heteroatoms. The van der Waals surface area contributed by atoms with Crippen LogP contribution in [0, 0.1) is 6.92 Å². The third-order valence-corrected chi connectivity index (χ3v) is 5.54. The van der Waals surface area contributed by atoms with Crippen molar-refractivity contribution in [2.24, 2.45) is 0 Å². The molecular formula is C21H20F2N6. The minimum Gasteiger partial charge on any atom is -0.351 e. The van der Waals surface area contributed by atoms with Gasteiger partial charge in [0.1, 0.15) is 5.65 Å². The zero-order valence-corrected chi connectivity index (χ0v) is 15.9. The zero-order chi connectivity index (χ0) is 20.0. The predicted molar refractivity (Wildman–Crippen MR) is 108 cm³/mol. The summed E-state index contributed by atoms with van der Waals surface area (Å²) in [4.78, 5) is 21.1. The van der Waals surface area contributed by atoms with Gasteiger partial charge in [-0.3, -0.25) is 9.97 Å². The summed E-state index contributed by atoms with van der Waals surface area (Å²) in [5, 5.41) is 4.17. The molecule has 5 rings (SSSR count). The third kappa shape index (κ3) is 3.39. The lowest BCUT2D eigenvalue weighted by Gasteiger charge is -2.28. The van der Waals surface area contributed by atoms with Gasteiger partial charge >= 0.3 is 0 Å². The maximum absolute atomic E-state index is 13.4. The highest BCUT2D eigenvalue weighted by molar-refractivity contribution is 5.97. The summed E-state index contributed by atoms with van der Waals surface area (Å²) >= 11 is 0. The molecule has 29 heavy (non-hydrogen) atoms. The van der Waals surface area contributed by atoms with Gasteiger partial charge in [0, 0.05) is 48.4 Å². The SMILES string of the molecule is Cc1nc(NC2CCC(F)(F)CC2)nc2[nH]cc(-c3ccc4nccnc4c3)c12. The Balaban J connectivity index is 1.46. The van der Waals surface area contributed by atoms with E-state index < -0.39 is 5.92 Å². The van der Waals surface area contributed by atoms with Crippen LogP contribution in [0.4, 0.5) is 14.7 Å². The number of aromatic amines is 1. The van der Waals surface area contributed by atoms with Crippen molar-refractivity contribution >= 4 is 28.0 Å². The molecular weight excluding hydrogens is 374 g/mol. The van der Waals surface area contributed by atoms with E-state index in [0.29, 0.717) is 18.8 Å². The molecule has 4 aromatic rings. The lowest BCUT2D eigenvalue weighted by atomic mass is 9.92. The number of aryl methyl sites for hydroxylation is 1. The molecule has 3 heterocycles. The maximum atomic E-state index is 13.4. The Bertz CT molecular complexity index is 1190. The van der Waals surface area contributed by atoms with Crippen LogP contribution in [-0.4, -0.2) is 36.9 Å². The van der Waals surface area contributed by atoms with Crippen LogP contribution in [0.5, 0.6) is 0 Å². The minimum atomic E-state index is -2.54. The standard InChI is InChI=1S/C21H20F2N6/c1-12-18-15(13-2-3-16-17(10-13)25-9-8-24-16)11-26-19(18)29-20(27-12)28-14-4-6-21(22,23)7-5-14/h2-3,8-11,14H,4-7H2,1H3,(H2,26,27,28,29). The fraction of sp³-hybridized carbons (Fsp3) is 0.333. The van der Waals surface area contributed by atoms with Crippen molar-refractivity contribution in [3.8, 4) is 11.1 Å². The third-order valence-electron chi connectivity index (χ3n) is 5.54. The number of nitrogens with one attached hydrogen (secondary N) is 2. The smallest absolute Gasteiger partial charge is 0.248 e. The van der Waals surface area contributed by atoms with Gasteiger partial charge in [0.2, 0.25) is 11.9 Å². The summed E-state index contributed by atoms with van der Waals surface area (Å²) in [6.07, 6.45) is 5.91. The molecule has 0 amide bonds. The zero-order valence-electron chi connectivity index (χ0n) is 15.9. The molecule has 6 nitrogen and oxygen atoms in total. The highest BCUT2D eigenvalue weighted by Crippen LogP contribution is 2.35. The van der Waals surface area contributed by atoms with E-state index in [9.17, 15) is 8.78 Å². The number of fused-ring (bicyclic) bond motifs is 2. The molecule has 0 aliphatic heterocycles. The highest BCUT2D eigenvalue weighted by Gasteiger charge is 2.35. The molecule has 3 aromatic heterocycles. The van der Waals surface area contributed by atoms with Gasteiger partial charge in [-0.15, -0.1) is 0 Å². The Kier molecular flexibility index (Phi) is 4.15. The lowest BCUT2D eigenvalue weighted by molar-refractivity contribution is -0.0361. The van der Waals surface area contributed by atoms with Crippen molar-refractivity contribution in [1.29, 1.82) is 0 Å². The molecule has 0 radical (unpaired) electrons. The predicted octanol–water partition coefficient (Wildman–Crippen LogP) is 4.87. The number of benzene rings is 1. The van der Waals surface area contributed by atoms with Crippen LogP contribution in [0.2, 0.25) is 0 Å². The number of aromatic nitrogens is 5. The monoisotopic (exact) mass is 394 g/mol. The molecule has 0 atom stereocenters. The van der Waals surface area contributed by atoms with Gasteiger partial charge in [-0.2, -0.15) is 4.98 Å². The molecule has 1 aliphatic rings. The van der Waals surface area contributed by atoms with Gasteiger partial charge in [0.15, 0.2) is 0 Å². The summed E-state index contributed by atoms with van der Waals surface area (Å²) in [5.41, 5.74) is 5.21. The van der Waals surface area contributed by atoms with Crippen LogP contribution in [0.1, 0.15) is 31.4 Å². The van der Waals surface area contributed by atoms with E-state index in [0.717, 1.165) is 38.9 Å². The average molecular weight is 394 g/mol. The van der Waals surface area contributed by atoms with Crippen LogP contribution in [0.25, 0.3) is 33.2 Å². The Hall–Kier alpha value is -3.16. The maximum Gasteiger partial charge on any atom is 0.248 e. The van der Waals surface area contributed by atoms with Crippen molar-refractivity contribution in [3.63, 3.8) is 0 Å². The molecule has 1 aliphatic carbocycles. The number of hydrogen-bond donors (Lipinski definition) is 2. The Morgan fingerprint density at radius 3 is 2.62 bits per heavy atom. The first kappa shape index (κ1) is 17.9. The second-order valence-electron chi connectivity index (χ2n) is 7.59. The van der Waals surface area contributed by atoms with Crippen molar-refractivity contribution in [2.45, 2.75) is 44.6 Å². The van der Waals surface area contributed by atoms with Gasteiger partial charge in [-0.05, 0) is 37.5 Å². The fourth-order valence-corrected chi connectivity index (χ4v) is 4.00. The molecule has 1 aromatic carbocycles. The van der Waals surface area contributed by atoms with Crippen LogP contribution < -0.4 is 5.32 Å². The van der Waals surface area contributed by atoms with E-state index in [-0.39, 0.29) is 18.9 Å². The molecule has 1 saturated carbocycles. The van der Waals surface area contributed by atoms with Gasteiger partial charge in [-0.25, -0.2) is 13.8 Å². The van der Waals surface area contributed by atoms with Crippen LogP contribution in [0.3, 0.4) is 0 Å². The van der Waals surface area contributed by atoms with Crippen molar-refractivity contribution in [2.75, 3.05) is 5.32 Å². The van der Waals surface area contributed by atoms with Gasteiger partial charge < -0.3 is 10.3 Å². The average Bonchev–Trinajstić information content (AvgIpc) is 3.14. The van der Waals surface area contributed by atoms with Crippen molar-refractivity contribution in [3.05, 3.63) is 42.5 Å².